The molecule has 3 rings (SSSR count). The Morgan fingerprint density at radius 1 is 0.850 bits per heavy atom. The van der Waals surface area contributed by atoms with Gasteiger partial charge in [-0.15, -0.1) is 0 Å². The van der Waals surface area contributed by atoms with Crippen molar-refractivity contribution in [1.29, 1.82) is 0 Å². The summed E-state index contributed by atoms with van der Waals surface area (Å²) in [7, 11) is 0. The molecule has 98 valence electrons. The van der Waals surface area contributed by atoms with E-state index in [2.05, 4.69) is 50.7 Å². The molecule has 0 bridgehead atoms. The van der Waals surface area contributed by atoms with Crippen LogP contribution in [-0.4, -0.2) is 6.21 Å². The van der Waals surface area contributed by atoms with Crippen LogP contribution in [0, 0.1) is 0 Å². The lowest BCUT2D eigenvalue weighted by Crippen LogP contribution is -1.90. The Morgan fingerprint density at radius 2 is 1.70 bits per heavy atom. The summed E-state index contributed by atoms with van der Waals surface area (Å²) in [6.45, 7) is 0. The Balaban J connectivity index is 1.76. The van der Waals surface area contributed by atoms with Gasteiger partial charge in [-0.2, -0.15) is 5.10 Å². The van der Waals surface area contributed by atoms with Crippen LogP contribution in [0.2, 0.25) is 0 Å². The minimum absolute atomic E-state index is 0.981. The predicted octanol–water partition coefficient (Wildman–Crippen LogP) is 5.05. The highest BCUT2D eigenvalue weighted by molar-refractivity contribution is 9.10. The molecule has 3 heteroatoms. The van der Waals surface area contributed by atoms with Gasteiger partial charge in [0, 0.05) is 4.47 Å². The Hall–Kier alpha value is -2.13. The van der Waals surface area contributed by atoms with Crippen molar-refractivity contribution in [3.8, 4) is 0 Å². The second kappa shape index (κ2) is 5.88. The number of nitrogens with one attached hydrogen (secondary N) is 1. The Labute approximate surface area is 126 Å². The number of anilines is 1. The van der Waals surface area contributed by atoms with Crippen molar-refractivity contribution >= 4 is 38.6 Å². The lowest BCUT2D eigenvalue weighted by atomic mass is 10.1. The highest BCUT2D eigenvalue weighted by Crippen LogP contribution is 2.18. The Morgan fingerprint density at radius 3 is 2.55 bits per heavy atom. The first kappa shape index (κ1) is 12.9. The smallest absolute Gasteiger partial charge is 0.0568 e. The van der Waals surface area contributed by atoms with Crippen LogP contribution in [-0.2, 0) is 0 Å². The fourth-order valence-electron chi connectivity index (χ4n) is 2.03. The first-order valence-electron chi connectivity index (χ1n) is 6.35. The van der Waals surface area contributed by atoms with Gasteiger partial charge in [0.2, 0.25) is 0 Å². The summed E-state index contributed by atoms with van der Waals surface area (Å²) in [6, 6.07) is 22.5. The molecule has 0 amide bonds. The summed E-state index contributed by atoms with van der Waals surface area (Å²) in [5.41, 5.74) is 5.09. The average Bonchev–Trinajstić information content (AvgIpc) is 2.47. The zero-order chi connectivity index (χ0) is 13.8. The largest absolute Gasteiger partial charge is 0.278 e. The minimum Gasteiger partial charge on any atom is -0.278 e. The van der Waals surface area contributed by atoms with Crippen LogP contribution in [0.4, 0.5) is 5.69 Å². The maximum Gasteiger partial charge on any atom is 0.0568 e. The minimum atomic E-state index is 0.981. The monoisotopic (exact) mass is 324 g/mol. The summed E-state index contributed by atoms with van der Waals surface area (Å²) in [4.78, 5) is 0. The first-order chi connectivity index (χ1) is 9.81. The molecule has 0 spiro atoms. The Kier molecular flexibility index (Phi) is 3.79. The Bertz CT molecular complexity index is 766. The summed E-state index contributed by atoms with van der Waals surface area (Å²) in [5.74, 6) is 0. The summed E-state index contributed by atoms with van der Waals surface area (Å²) in [5, 5.41) is 6.70. The lowest BCUT2D eigenvalue weighted by Gasteiger charge is -2.02. The number of hydrogen-bond donors (Lipinski definition) is 1. The van der Waals surface area contributed by atoms with Gasteiger partial charge in [-0.1, -0.05) is 58.4 Å². The molecule has 3 aromatic rings. The van der Waals surface area contributed by atoms with Crippen molar-refractivity contribution in [1.82, 2.24) is 0 Å². The van der Waals surface area contributed by atoms with Gasteiger partial charge in [-0.25, -0.2) is 0 Å². The molecule has 3 aromatic carbocycles. The zero-order valence-corrected chi connectivity index (χ0v) is 12.3. The van der Waals surface area contributed by atoms with Crippen molar-refractivity contribution in [3.05, 3.63) is 76.8 Å². The molecule has 0 unspecified atom stereocenters. The van der Waals surface area contributed by atoms with Gasteiger partial charge in [0.1, 0.15) is 0 Å². The number of halogens is 1. The third-order valence-electron chi connectivity index (χ3n) is 3.01. The van der Waals surface area contributed by atoms with E-state index in [9.17, 15) is 0 Å². The number of hydrazone groups is 1. The maximum absolute atomic E-state index is 4.26. The molecule has 0 heterocycles. The van der Waals surface area contributed by atoms with E-state index in [1.54, 1.807) is 6.21 Å². The van der Waals surface area contributed by atoms with Gasteiger partial charge in [-0.05, 0) is 40.6 Å². The average molecular weight is 325 g/mol. The van der Waals surface area contributed by atoms with Crippen molar-refractivity contribution in [2.24, 2.45) is 5.10 Å². The van der Waals surface area contributed by atoms with E-state index in [0.717, 1.165) is 15.7 Å². The van der Waals surface area contributed by atoms with Crippen molar-refractivity contribution < 1.29 is 0 Å². The summed E-state index contributed by atoms with van der Waals surface area (Å²) < 4.78 is 1.05. The molecule has 20 heavy (non-hydrogen) atoms. The second-order valence-electron chi connectivity index (χ2n) is 4.49. The topological polar surface area (TPSA) is 24.4 Å². The number of fused-ring (bicyclic) bond motifs is 1. The molecular weight excluding hydrogens is 312 g/mol. The zero-order valence-electron chi connectivity index (χ0n) is 10.8. The summed E-state index contributed by atoms with van der Waals surface area (Å²) in [6.07, 6.45) is 1.81. The third-order valence-corrected chi connectivity index (χ3v) is 3.50. The standard InChI is InChI=1S/C17H13BrN2/c18-16-7-3-4-13(10-16)12-19-20-17-9-8-14-5-1-2-6-15(14)11-17/h1-12,20H/b19-12+. The second-order valence-corrected chi connectivity index (χ2v) is 5.40. The SMILES string of the molecule is Brc1cccc(/C=N/Nc2ccc3ccccc3c2)c1. The molecule has 0 aliphatic heterocycles. The van der Waals surface area contributed by atoms with Gasteiger partial charge in [-0.3, -0.25) is 5.43 Å². The van der Waals surface area contributed by atoms with E-state index in [4.69, 9.17) is 0 Å². The number of rotatable bonds is 3. The summed E-state index contributed by atoms with van der Waals surface area (Å²) >= 11 is 3.44. The third kappa shape index (κ3) is 3.06. The molecule has 0 radical (unpaired) electrons. The molecule has 1 N–H and O–H groups in total. The molecule has 0 aromatic heterocycles. The van der Waals surface area contributed by atoms with Crippen molar-refractivity contribution in [3.63, 3.8) is 0 Å². The van der Waals surface area contributed by atoms with Crippen molar-refractivity contribution in [2.75, 3.05) is 5.43 Å². The van der Waals surface area contributed by atoms with Crippen LogP contribution >= 0.6 is 15.9 Å². The van der Waals surface area contributed by atoms with Gasteiger partial charge < -0.3 is 0 Å². The van der Waals surface area contributed by atoms with Gasteiger partial charge >= 0.3 is 0 Å². The highest BCUT2D eigenvalue weighted by Gasteiger charge is 1.94. The van der Waals surface area contributed by atoms with E-state index < -0.39 is 0 Å². The van der Waals surface area contributed by atoms with E-state index in [0.29, 0.717) is 0 Å². The predicted molar refractivity (Wildman–Crippen MR) is 89.3 cm³/mol. The lowest BCUT2D eigenvalue weighted by molar-refractivity contribution is 1.35. The molecule has 0 aliphatic carbocycles. The van der Waals surface area contributed by atoms with Gasteiger partial charge in [0.15, 0.2) is 0 Å². The number of benzene rings is 3. The van der Waals surface area contributed by atoms with E-state index in [1.807, 2.05) is 42.5 Å². The molecular formula is C17H13BrN2. The number of hydrogen-bond acceptors (Lipinski definition) is 2. The van der Waals surface area contributed by atoms with Crippen LogP contribution in [0.1, 0.15) is 5.56 Å². The first-order valence-corrected chi connectivity index (χ1v) is 7.14. The van der Waals surface area contributed by atoms with Crippen LogP contribution in [0.5, 0.6) is 0 Å². The quantitative estimate of drug-likeness (QED) is 0.529. The molecule has 0 saturated heterocycles. The fraction of sp³-hybridized carbons (Fsp3) is 0. The number of nitrogens with zero attached hydrogens (tertiary/aromatic N) is 1. The van der Waals surface area contributed by atoms with Crippen LogP contribution in [0.25, 0.3) is 10.8 Å². The normalized spacial score (nSPS) is 11.1. The molecule has 0 saturated carbocycles. The van der Waals surface area contributed by atoms with E-state index in [1.165, 1.54) is 10.8 Å². The van der Waals surface area contributed by atoms with Gasteiger partial charge in [0.25, 0.3) is 0 Å². The molecule has 2 nitrogen and oxygen atoms in total. The van der Waals surface area contributed by atoms with Gasteiger partial charge in [0.05, 0.1) is 11.9 Å². The molecule has 0 aliphatic rings. The van der Waals surface area contributed by atoms with E-state index in [-0.39, 0.29) is 0 Å². The molecule has 0 fully saturated rings. The van der Waals surface area contributed by atoms with Crippen molar-refractivity contribution in [2.45, 2.75) is 0 Å². The highest BCUT2D eigenvalue weighted by atomic mass is 79.9. The fourth-order valence-corrected chi connectivity index (χ4v) is 2.44. The molecule has 0 atom stereocenters. The van der Waals surface area contributed by atoms with Crippen LogP contribution in [0.15, 0.2) is 76.3 Å². The van der Waals surface area contributed by atoms with Crippen LogP contribution < -0.4 is 5.43 Å². The maximum atomic E-state index is 4.26. The van der Waals surface area contributed by atoms with E-state index >= 15 is 0 Å². The van der Waals surface area contributed by atoms with Crippen LogP contribution in [0.3, 0.4) is 0 Å².